The van der Waals surface area contributed by atoms with Crippen LogP contribution in [0.5, 0.6) is 0 Å². The summed E-state index contributed by atoms with van der Waals surface area (Å²) >= 11 is 1.93. The first-order valence-electron chi connectivity index (χ1n) is 6.84. The second kappa shape index (κ2) is 6.80. The Labute approximate surface area is 152 Å². The molecule has 4 rings (SSSR count). The Morgan fingerprint density at radius 3 is 2.12 bits per heavy atom. The maximum absolute atomic E-state index is 11.6. The van der Waals surface area contributed by atoms with Gasteiger partial charge in [0.05, 0.1) is 3.57 Å². The molecule has 0 amide bonds. The lowest BCUT2D eigenvalue weighted by atomic mass is 10.3. The highest BCUT2D eigenvalue weighted by Crippen LogP contribution is 2.10. The molecule has 0 fully saturated rings. The van der Waals surface area contributed by atoms with Crippen LogP contribution in [0.25, 0.3) is 22.1 Å². The van der Waals surface area contributed by atoms with Crippen LogP contribution in [0.1, 0.15) is 0 Å². The molecule has 6 N–H and O–H groups in total. The minimum atomic E-state index is -0.165. The van der Waals surface area contributed by atoms with Gasteiger partial charge in [0.2, 0.25) is 5.43 Å². The van der Waals surface area contributed by atoms with Gasteiger partial charge in [0.15, 0.2) is 5.43 Å². The van der Waals surface area contributed by atoms with Gasteiger partial charge in [0.1, 0.15) is 46.4 Å². The third kappa shape index (κ3) is 3.26. The van der Waals surface area contributed by atoms with Crippen molar-refractivity contribution in [2.24, 2.45) is 0 Å². The smallest absolute Gasteiger partial charge is 0.208 e. The van der Waals surface area contributed by atoms with Gasteiger partial charge in [-0.1, -0.05) is 0 Å². The third-order valence-corrected chi connectivity index (χ3v) is 4.04. The van der Waals surface area contributed by atoms with Crippen LogP contribution in [0.15, 0.2) is 40.7 Å². The maximum Gasteiger partial charge on any atom is 0.208 e. The molecule has 0 aromatic carbocycles. The highest BCUT2D eigenvalue weighted by atomic mass is 127. The summed E-state index contributed by atoms with van der Waals surface area (Å²) in [6.45, 7) is 0. The Morgan fingerprint density at radius 2 is 1.48 bits per heavy atom. The molecule has 0 atom stereocenters. The van der Waals surface area contributed by atoms with E-state index in [1.165, 1.54) is 24.9 Å². The Kier molecular flexibility index (Phi) is 4.56. The minimum Gasteiger partial charge on any atom is -0.383 e. The molecule has 0 radical (unpaired) electrons. The number of aromatic nitrogens is 6. The van der Waals surface area contributed by atoms with Crippen molar-refractivity contribution in [3.63, 3.8) is 0 Å². The molecule has 0 aliphatic carbocycles. The number of nitrogens with zero attached hydrogens (tertiary/aromatic N) is 4. The molecule has 0 saturated carbocycles. The molecule has 25 heavy (non-hydrogen) atoms. The number of anilines is 2. The summed E-state index contributed by atoms with van der Waals surface area (Å²) in [6, 6.07) is 1.39. The number of aromatic amines is 2. The highest BCUT2D eigenvalue weighted by molar-refractivity contribution is 14.1. The Hall–Kier alpha value is -3.09. The lowest BCUT2D eigenvalue weighted by molar-refractivity contribution is 1.18. The summed E-state index contributed by atoms with van der Waals surface area (Å²) in [6.07, 6.45) is 5.75. The van der Waals surface area contributed by atoms with E-state index < -0.39 is 0 Å². The van der Waals surface area contributed by atoms with Crippen LogP contribution in [-0.2, 0) is 0 Å². The molecule has 4 aromatic heterocycles. The molecule has 126 valence electrons. The van der Waals surface area contributed by atoms with E-state index in [1.54, 1.807) is 6.20 Å². The molecule has 10 nitrogen and oxygen atoms in total. The van der Waals surface area contributed by atoms with Gasteiger partial charge in [-0.25, -0.2) is 19.9 Å². The lowest BCUT2D eigenvalue weighted by Gasteiger charge is -1.98. The van der Waals surface area contributed by atoms with Crippen LogP contribution in [0, 0.1) is 3.57 Å². The monoisotopic (exact) mass is 450 g/mol. The summed E-state index contributed by atoms with van der Waals surface area (Å²) in [5.41, 5.74) is 11.7. The molecule has 11 heteroatoms. The molecule has 0 unspecified atom stereocenters. The average molecular weight is 450 g/mol. The quantitative estimate of drug-likeness (QED) is 0.279. The number of nitrogens with two attached hydrogens (primary N) is 2. The van der Waals surface area contributed by atoms with E-state index in [9.17, 15) is 9.59 Å². The van der Waals surface area contributed by atoms with Crippen molar-refractivity contribution in [3.05, 3.63) is 55.1 Å². The maximum atomic E-state index is 11.6. The fourth-order valence-electron chi connectivity index (χ4n) is 2.08. The second-order valence-electron chi connectivity index (χ2n) is 4.77. The van der Waals surface area contributed by atoms with Gasteiger partial charge in [-0.05, 0) is 22.6 Å². The van der Waals surface area contributed by atoms with Crippen LogP contribution < -0.4 is 22.3 Å². The molecule has 4 aromatic rings. The number of rotatable bonds is 0. The number of pyridine rings is 2. The van der Waals surface area contributed by atoms with Gasteiger partial charge in [0.25, 0.3) is 0 Å². The average Bonchev–Trinajstić information content (AvgIpc) is 2.59. The van der Waals surface area contributed by atoms with Crippen molar-refractivity contribution in [2.75, 3.05) is 11.5 Å². The molecule has 0 spiro atoms. The third-order valence-electron chi connectivity index (χ3n) is 3.23. The topological polar surface area (TPSA) is 169 Å². The van der Waals surface area contributed by atoms with Gasteiger partial charge in [-0.3, -0.25) is 9.59 Å². The first kappa shape index (κ1) is 16.8. The lowest BCUT2D eigenvalue weighted by Crippen LogP contribution is -2.10. The van der Waals surface area contributed by atoms with Gasteiger partial charge < -0.3 is 21.4 Å². The van der Waals surface area contributed by atoms with Crippen LogP contribution in [0.2, 0.25) is 0 Å². The van der Waals surface area contributed by atoms with Crippen LogP contribution >= 0.6 is 22.6 Å². The number of H-pyrrole nitrogens is 2. The van der Waals surface area contributed by atoms with E-state index in [0.717, 1.165) is 0 Å². The van der Waals surface area contributed by atoms with Crippen molar-refractivity contribution in [1.29, 1.82) is 0 Å². The number of hydrogen-bond acceptors (Lipinski definition) is 8. The summed E-state index contributed by atoms with van der Waals surface area (Å²) in [5.74, 6) is 0.423. The molecule has 0 aliphatic rings. The molecule has 0 bridgehead atoms. The van der Waals surface area contributed by atoms with E-state index in [4.69, 9.17) is 11.5 Å². The van der Waals surface area contributed by atoms with E-state index in [0.29, 0.717) is 25.6 Å². The fraction of sp³-hybridized carbons (Fsp3) is 0. The first-order valence-corrected chi connectivity index (χ1v) is 7.92. The normalized spacial score (nSPS) is 10.4. The van der Waals surface area contributed by atoms with Crippen molar-refractivity contribution in [1.82, 2.24) is 29.9 Å². The summed E-state index contributed by atoms with van der Waals surface area (Å²) in [5, 5.41) is 0.703. The zero-order valence-electron chi connectivity index (χ0n) is 12.5. The number of hydrogen-bond donors (Lipinski definition) is 4. The highest BCUT2D eigenvalue weighted by Gasteiger charge is 2.07. The number of fused-ring (bicyclic) bond motifs is 2. The zero-order valence-corrected chi connectivity index (χ0v) is 14.7. The summed E-state index contributed by atoms with van der Waals surface area (Å²) in [7, 11) is 0. The predicted octanol–water partition coefficient (Wildman–Crippen LogP) is 0.405. The largest absolute Gasteiger partial charge is 0.383 e. The number of halogens is 1. The summed E-state index contributed by atoms with van der Waals surface area (Å²) in [4.78, 5) is 43.7. The van der Waals surface area contributed by atoms with Crippen molar-refractivity contribution in [3.8, 4) is 0 Å². The van der Waals surface area contributed by atoms with Crippen LogP contribution in [0.4, 0.5) is 11.6 Å². The second-order valence-corrected chi connectivity index (χ2v) is 5.93. The predicted molar refractivity (Wildman–Crippen MR) is 102 cm³/mol. The van der Waals surface area contributed by atoms with E-state index in [2.05, 4.69) is 29.9 Å². The van der Waals surface area contributed by atoms with E-state index >= 15 is 0 Å². The standard InChI is InChI=1S/C7H5IN4O.C7H6N4O/c8-3-1-10-7-4(5(3)13)6(9)11-2-12-7;8-6-5-4(12)1-2-9-7(5)11-3-10-6/h1-2H,(H3,9,10,11,12,13);1-3H,(H3,8,9,10,11,12). The van der Waals surface area contributed by atoms with Crippen molar-refractivity contribution >= 4 is 56.3 Å². The van der Waals surface area contributed by atoms with Gasteiger partial charge in [-0.2, -0.15) is 0 Å². The fourth-order valence-corrected chi connectivity index (χ4v) is 2.51. The van der Waals surface area contributed by atoms with E-state index in [1.807, 2.05) is 22.6 Å². The van der Waals surface area contributed by atoms with Crippen molar-refractivity contribution in [2.45, 2.75) is 0 Å². The molecule has 0 aliphatic heterocycles. The number of nitrogen functional groups attached to an aromatic ring is 2. The Balaban J connectivity index is 0.000000146. The Morgan fingerprint density at radius 1 is 0.880 bits per heavy atom. The van der Waals surface area contributed by atoms with Crippen LogP contribution in [-0.4, -0.2) is 29.9 Å². The van der Waals surface area contributed by atoms with E-state index in [-0.39, 0.29) is 22.5 Å². The molecular weight excluding hydrogens is 439 g/mol. The van der Waals surface area contributed by atoms with Gasteiger partial charge in [-0.15, -0.1) is 0 Å². The van der Waals surface area contributed by atoms with Crippen molar-refractivity contribution < 1.29 is 0 Å². The van der Waals surface area contributed by atoms with Crippen LogP contribution in [0.3, 0.4) is 0 Å². The minimum absolute atomic E-state index is 0.132. The number of nitrogens with one attached hydrogen (secondary N) is 2. The Bertz CT molecular complexity index is 1180. The SMILES string of the molecule is Nc1ncnc2[nH]cc(I)c(=O)c12.Nc1ncnc2[nH]ccc(=O)c12. The van der Waals surface area contributed by atoms with Gasteiger partial charge in [0, 0.05) is 18.5 Å². The molecular formula is C14H11IN8O2. The summed E-state index contributed by atoms with van der Waals surface area (Å²) < 4.78 is 0.576. The van der Waals surface area contributed by atoms with Gasteiger partial charge >= 0.3 is 0 Å². The first-order chi connectivity index (χ1) is 12.0. The zero-order chi connectivity index (χ0) is 18.0. The molecule has 0 saturated heterocycles. The molecule has 4 heterocycles.